The van der Waals surface area contributed by atoms with E-state index in [0.29, 0.717) is 6.04 Å². The Labute approximate surface area is 166 Å². The van der Waals surface area contributed by atoms with E-state index in [4.69, 9.17) is 4.98 Å². The van der Waals surface area contributed by atoms with Crippen LogP contribution in [-0.2, 0) is 17.8 Å². The van der Waals surface area contributed by atoms with Crippen molar-refractivity contribution in [1.82, 2.24) is 19.8 Å². The quantitative estimate of drug-likeness (QED) is 0.870. The van der Waals surface area contributed by atoms with Gasteiger partial charge in [0.15, 0.2) is 0 Å². The summed E-state index contributed by atoms with van der Waals surface area (Å²) in [5.41, 5.74) is 1.83. The number of aromatic amines is 1. The van der Waals surface area contributed by atoms with Crippen molar-refractivity contribution in [2.45, 2.75) is 83.3 Å². The van der Waals surface area contributed by atoms with Gasteiger partial charge in [-0.15, -0.1) is 0 Å². The summed E-state index contributed by atoms with van der Waals surface area (Å²) in [4.78, 5) is 37.9. The fourth-order valence-corrected chi connectivity index (χ4v) is 5.42. The van der Waals surface area contributed by atoms with E-state index in [2.05, 4.69) is 16.8 Å². The van der Waals surface area contributed by atoms with E-state index in [9.17, 15) is 9.59 Å². The van der Waals surface area contributed by atoms with Gasteiger partial charge in [0, 0.05) is 38.0 Å². The van der Waals surface area contributed by atoms with Gasteiger partial charge >= 0.3 is 0 Å². The molecule has 1 saturated heterocycles. The molecule has 5 rings (SSSR count). The summed E-state index contributed by atoms with van der Waals surface area (Å²) in [6.07, 6.45) is 9.90. The molecule has 0 spiro atoms. The lowest BCUT2D eigenvalue weighted by Gasteiger charge is -2.38. The molecular weight excluding hydrogens is 352 g/mol. The van der Waals surface area contributed by atoms with Crippen molar-refractivity contribution in [2.75, 3.05) is 13.1 Å². The first-order valence-corrected chi connectivity index (χ1v) is 11.3. The third kappa shape index (κ3) is 3.40. The molecule has 0 bridgehead atoms. The lowest BCUT2D eigenvalue weighted by molar-refractivity contribution is -0.133. The highest BCUT2D eigenvalue weighted by Gasteiger charge is 2.40. The van der Waals surface area contributed by atoms with Gasteiger partial charge in [0.2, 0.25) is 5.91 Å². The highest BCUT2D eigenvalue weighted by Crippen LogP contribution is 2.38. The molecule has 0 aromatic carbocycles. The molecule has 1 atom stereocenters. The predicted octanol–water partition coefficient (Wildman–Crippen LogP) is 2.78. The molecule has 1 unspecified atom stereocenters. The van der Waals surface area contributed by atoms with Crippen LogP contribution in [0, 0.1) is 11.8 Å². The Kier molecular flexibility index (Phi) is 4.77. The summed E-state index contributed by atoms with van der Waals surface area (Å²) in [6, 6.07) is 0.578. The number of nitrogens with one attached hydrogen (secondary N) is 1. The number of rotatable bonds is 3. The number of likely N-dealkylation sites (tertiary alicyclic amines) is 1. The van der Waals surface area contributed by atoms with E-state index in [-0.39, 0.29) is 23.4 Å². The van der Waals surface area contributed by atoms with Crippen LogP contribution < -0.4 is 5.56 Å². The van der Waals surface area contributed by atoms with Crippen LogP contribution in [0.2, 0.25) is 0 Å². The Balaban J connectivity index is 1.35. The molecule has 2 aliphatic heterocycles. The van der Waals surface area contributed by atoms with E-state index < -0.39 is 0 Å². The van der Waals surface area contributed by atoms with Gasteiger partial charge < -0.3 is 9.88 Å². The number of hydrogen-bond acceptors (Lipinski definition) is 4. The zero-order valence-corrected chi connectivity index (χ0v) is 17.0. The first-order valence-electron chi connectivity index (χ1n) is 11.3. The summed E-state index contributed by atoms with van der Waals surface area (Å²) < 4.78 is 0. The fourth-order valence-electron chi connectivity index (χ4n) is 5.42. The number of hydrogen-bond donors (Lipinski definition) is 1. The Morgan fingerprint density at radius 2 is 1.86 bits per heavy atom. The molecule has 6 nitrogen and oxygen atoms in total. The molecule has 1 amide bonds. The van der Waals surface area contributed by atoms with Gasteiger partial charge in [-0.1, -0.05) is 6.92 Å². The van der Waals surface area contributed by atoms with Crippen LogP contribution in [0.25, 0.3) is 0 Å². The number of carbonyl (C=O) groups is 1. The van der Waals surface area contributed by atoms with Gasteiger partial charge in [-0.2, -0.15) is 0 Å². The van der Waals surface area contributed by atoms with Crippen molar-refractivity contribution in [1.29, 1.82) is 0 Å². The van der Waals surface area contributed by atoms with E-state index >= 15 is 0 Å². The molecule has 2 saturated carbocycles. The fraction of sp³-hybridized carbons (Fsp3) is 0.773. The summed E-state index contributed by atoms with van der Waals surface area (Å²) in [6.45, 7) is 4.87. The van der Waals surface area contributed by atoms with Gasteiger partial charge in [-0.3, -0.25) is 14.5 Å². The maximum Gasteiger partial charge on any atom is 0.255 e. The minimum atomic E-state index is -0.0380. The molecule has 1 aromatic rings. The molecular formula is C22H32N4O2. The minimum Gasteiger partial charge on any atom is -0.332 e. The number of nitrogens with zero attached hydrogens (tertiary/aromatic N) is 3. The summed E-state index contributed by atoms with van der Waals surface area (Å²) in [5.74, 6) is 2.04. The average Bonchev–Trinajstić information content (AvgIpc) is 3.44. The van der Waals surface area contributed by atoms with E-state index in [1.165, 1.54) is 25.7 Å². The molecule has 3 fully saturated rings. The lowest BCUT2D eigenvalue weighted by Crippen LogP contribution is -2.44. The van der Waals surface area contributed by atoms with Crippen molar-refractivity contribution in [3.63, 3.8) is 0 Å². The van der Waals surface area contributed by atoms with Crippen LogP contribution >= 0.6 is 0 Å². The highest BCUT2D eigenvalue weighted by molar-refractivity contribution is 5.81. The van der Waals surface area contributed by atoms with Gasteiger partial charge in [0.25, 0.3) is 5.56 Å². The topological polar surface area (TPSA) is 69.3 Å². The zero-order chi connectivity index (χ0) is 19.3. The molecule has 4 aliphatic rings. The second-order valence-electron chi connectivity index (χ2n) is 9.47. The Hall–Kier alpha value is -1.69. The number of carbonyl (C=O) groups excluding carboxylic acids is 1. The molecule has 28 heavy (non-hydrogen) atoms. The second-order valence-corrected chi connectivity index (χ2v) is 9.47. The Morgan fingerprint density at radius 1 is 1.07 bits per heavy atom. The maximum absolute atomic E-state index is 12.9. The summed E-state index contributed by atoms with van der Waals surface area (Å²) in [7, 11) is 0. The van der Waals surface area contributed by atoms with Crippen molar-refractivity contribution < 1.29 is 4.79 Å². The molecule has 6 heteroatoms. The van der Waals surface area contributed by atoms with Crippen molar-refractivity contribution >= 4 is 5.91 Å². The SMILES string of the molecule is CC1CCC(N2CCc3nc(C4CCCN4C(=O)C4CC4)[nH]c(=O)c3C2)CC1. The minimum absolute atomic E-state index is 0.0135. The molecule has 152 valence electrons. The van der Waals surface area contributed by atoms with E-state index in [0.717, 1.165) is 74.7 Å². The predicted molar refractivity (Wildman–Crippen MR) is 107 cm³/mol. The Morgan fingerprint density at radius 3 is 2.61 bits per heavy atom. The molecule has 1 N–H and O–H groups in total. The van der Waals surface area contributed by atoms with Crippen LogP contribution in [0.4, 0.5) is 0 Å². The number of amides is 1. The van der Waals surface area contributed by atoms with Crippen molar-refractivity contribution in [2.24, 2.45) is 11.8 Å². The number of aromatic nitrogens is 2. The standard InChI is InChI=1S/C22H32N4O2/c1-14-4-8-16(9-5-14)25-12-10-18-17(13-25)21(27)24-20(23-18)19-3-2-11-26(19)22(28)15-6-7-15/h14-16,19H,2-13H2,1H3,(H,23,24,27). The molecule has 1 aromatic heterocycles. The van der Waals surface area contributed by atoms with Gasteiger partial charge in [-0.05, 0) is 57.3 Å². The summed E-state index contributed by atoms with van der Waals surface area (Å²) in [5, 5.41) is 0. The smallest absolute Gasteiger partial charge is 0.255 e. The van der Waals surface area contributed by atoms with Gasteiger partial charge in [0.05, 0.1) is 17.3 Å². The highest BCUT2D eigenvalue weighted by atomic mass is 16.2. The van der Waals surface area contributed by atoms with Crippen LogP contribution in [0.15, 0.2) is 4.79 Å². The molecule has 0 radical (unpaired) electrons. The lowest BCUT2D eigenvalue weighted by atomic mass is 9.86. The maximum atomic E-state index is 12.9. The number of H-pyrrole nitrogens is 1. The molecule has 2 aliphatic carbocycles. The third-order valence-electron chi connectivity index (χ3n) is 7.40. The van der Waals surface area contributed by atoms with Crippen LogP contribution in [-0.4, -0.2) is 44.8 Å². The third-order valence-corrected chi connectivity index (χ3v) is 7.40. The Bertz CT molecular complexity index is 807. The van der Waals surface area contributed by atoms with E-state index in [1.807, 2.05) is 4.90 Å². The molecule has 3 heterocycles. The monoisotopic (exact) mass is 384 g/mol. The zero-order valence-electron chi connectivity index (χ0n) is 17.0. The van der Waals surface area contributed by atoms with Crippen LogP contribution in [0.5, 0.6) is 0 Å². The van der Waals surface area contributed by atoms with Gasteiger partial charge in [0.1, 0.15) is 5.82 Å². The van der Waals surface area contributed by atoms with Crippen molar-refractivity contribution in [3.8, 4) is 0 Å². The largest absolute Gasteiger partial charge is 0.332 e. The normalized spacial score (nSPS) is 31.0. The van der Waals surface area contributed by atoms with E-state index in [1.54, 1.807) is 0 Å². The first-order chi connectivity index (χ1) is 13.6. The van der Waals surface area contributed by atoms with Crippen LogP contribution in [0.3, 0.4) is 0 Å². The van der Waals surface area contributed by atoms with Crippen LogP contribution in [0.1, 0.15) is 81.4 Å². The average molecular weight is 385 g/mol. The first kappa shape index (κ1) is 18.3. The summed E-state index contributed by atoms with van der Waals surface area (Å²) >= 11 is 0. The van der Waals surface area contributed by atoms with Gasteiger partial charge in [-0.25, -0.2) is 4.98 Å². The van der Waals surface area contributed by atoms with Crippen molar-refractivity contribution in [3.05, 3.63) is 27.4 Å². The number of fused-ring (bicyclic) bond motifs is 1. The second kappa shape index (κ2) is 7.29.